The van der Waals surface area contributed by atoms with Crippen LogP contribution in [0.15, 0.2) is 6.07 Å². The average molecular weight is 245 g/mol. The Morgan fingerprint density at radius 1 is 1.53 bits per heavy atom. The zero-order valence-electron chi connectivity index (χ0n) is 9.12. The van der Waals surface area contributed by atoms with Crippen molar-refractivity contribution in [1.29, 1.82) is 0 Å². The highest BCUT2D eigenvalue weighted by Gasteiger charge is 2.26. The molecule has 0 radical (unpaired) electrons. The van der Waals surface area contributed by atoms with Crippen LogP contribution in [0.25, 0.3) is 0 Å². The van der Waals surface area contributed by atoms with Crippen LogP contribution in [0.1, 0.15) is 12.5 Å². The first-order chi connectivity index (χ1) is 7.88. The minimum atomic E-state index is -1.21. The molecule has 0 aliphatic carbocycles. The third kappa shape index (κ3) is 2.55. The maximum atomic E-state index is 13.7. The van der Waals surface area contributed by atoms with Gasteiger partial charge in [-0.3, -0.25) is 14.9 Å². The minimum absolute atomic E-state index is 0.472. The number of carbonyl (C=O) groups is 1. The van der Waals surface area contributed by atoms with Gasteiger partial charge in [-0.05, 0) is 6.92 Å². The first-order valence-electron chi connectivity index (χ1n) is 4.57. The van der Waals surface area contributed by atoms with Crippen LogP contribution in [0, 0.1) is 21.7 Å². The molecule has 1 aromatic rings. The number of rotatable bonds is 4. The quantitative estimate of drug-likeness (QED) is 0.601. The summed E-state index contributed by atoms with van der Waals surface area (Å²) in [7, 11) is 1.03. The van der Waals surface area contributed by atoms with Crippen molar-refractivity contribution in [3.8, 4) is 5.75 Å². The van der Waals surface area contributed by atoms with Gasteiger partial charge in [0.15, 0.2) is 17.4 Å². The molecule has 0 aliphatic heterocycles. The summed E-state index contributed by atoms with van der Waals surface area (Å²) in [6.07, 6.45) is -0.487. The molecule has 0 fully saturated rings. The van der Waals surface area contributed by atoms with Gasteiger partial charge in [0.25, 0.3) is 5.69 Å². The van der Waals surface area contributed by atoms with E-state index in [0.717, 1.165) is 14.0 Å². The first kappa shape index (κ1) is 13.0. The topological polar surface area (TPSA) is 69.4 Å². The Bertz CT molecular complexity index is 488. The molecule has 0 saturated carbocycles. The summed E-state index contributed by atoms with van der Waals surface area (Å²) < 4.78 is 31.4. The lowest BCUT2D eigenvalue weighted by Crippen LogP contribution is -2.07. The molecule has 0 aromatic heterocycles. The van der Waals surface area contributed by atoms with Crippen molar-refractivity contribution in [2.45, 2.75) is 13.3 Å². The molecule has 0 unspecified atom stereocenters. The highest BCUT2D eigenvalue weighted by molar-refractivity contribution is 5.79. The van der Waals surface area contributed by atoms with Crippen LogP contribution in [0.3, 0.4) is 0 Å². The van der Waals surface area contributed by atoms with Gasteiger partial charge in [0.1, 0.15) is 5.78 Å². The number of Topliss-reactive ketones (excluding diaryl/α,β-unsaturated/α-hetero) is 1. The lowest BCUT2D eigenvalue weighted by Gasteiger charge is -2.08. The van der Waals surface area contributed by atoms with Gasteiger partial charge in [0, 0.05) is 6.42 Å². The molecule has 0 saturated heterocycles. The summed E-state index contributed by atoms with van der Waals surface area (Å²) in [5.74, 6) is -3.59. The molecule has 1 aromatic carbocycles. The van der Waals surface area contributed by atoms with Crippen molar-refractivity contribution in [2.24, 2.45) is 0 Å². The summed E-state index contributed by atoms with van der Waals surface area (Å²) in [6, 6.07) is 0.542. The first-order valence-corrected chi connectivity index (χ1v) is 4.57. The lowest BCUT2D eigenvalue weighted by molar-refractivity contribution is -0.385. The van der Waals surface area contributed by atoms with E-state index in [4.69, 9.17) is 0 Å². The number of ketones is 1. The molecule has 0 atom stereocenters. The van der Waals surface area contributed by atoms with E-state index < -0.39 is 45.8 Å². The van der Waals surface area contributed by atoms with E-state index in [1.807, 2.05) is 0 Å². The number of benzene rings is 1. The zero-order chi connectivity index (χ0) is 13.2. The van der Waals surface area contributed by atoms with Gasteiger partial charge in [-0.15, -0.1) is 0 Å². The molecule has 17 heavy (non-hydrogen) atoms. The number of halogens is 2. The predicted octanol–water partition coefficient (Wildman–Crippen LogP) is 2.01. The number of methoxy groups -OCH3 is 1. The van der Waals surface area contributed by atoms with Crippen molar-refractivity contribution in [3.63, 3.8) is 0 Å². The molecule has 0 bridgehead atoms. The molecular formula is C10H9F2NO4. The molecule has 0 amide bonds. The number of ether oxygens (including phenoxy) is 1. The summed E-state index contributed by atoms with van der Waals surface area (Å²) in [6.45, 7) is 1.15. The second kappa shape index (κ2) is 4.86. The second-order valence-corrected chi connectivity index (χ2v) is 3.34. The maximum absolute atomic E-state index is 13.7. The highest BCUT2D eigenvalue weighted by atomic mass is 19.1. The Morgan fingerprint density at radius 3 is 2.53 bits per heavy atom. The maximum Gasteiger partial charge on any atom is 0.279 e. The molecular weight excluding hydrogens is 236 g/mol. The van der Waals surface area contributed by atoms with E-state index in [2.05, 4.69) is 4.74 Å². The van der Waals surface area contributed by atoms with Crippen LogP contribution in [0.2, 0.25) is 0 Å². The molecule has 7 heteroatoms. The molecule has 0 spiro atoms. The fourth-order valence-electron chi connectivity index (χ4n) is 1.39. The Kier molecular flexibility index (Phi) is 3.72. The fourth-order valence-corrected chi connectivity index (χ4v) is 1.39. The van der Waals surface area contributed by atoms with E-state index in [0.29, 0.717) is 6.07 Å². The SMILES string of the molecule is COc1c(F)cc([N+](=O)[O-])c(CC(C)=O)c1F. The molecule has 0 aliphatic rings. The standard InChI is InChI=1S/C10H9F2NO4/c1-5(14)3-6-8(13(15)16)4-7(11)10(17-2)9(6)12/h4H,3H2,1-2H3. The summed E-state index contributed by atoms with van der Waals surface area (Å²) in [4.78, 5) is 20.6. The van der Waals surface area contributed by atoms with Gasteiger partial charge in [-0.1, -0.05) is 0 Å². The van der Waals surface area contributed by atoms with Crippen molar-refractivity contribution in [1.82, 2.24) is 0 Å². The van der Waals surface area contributed by atoms with E-state index in [9.17, 15) is 23.7 Å². The molecule has 1 rings (SSSR count). The van der Waals surface area contributed by atoms with Crippen LogP contribution in [0.4, 0.5) is 14.5 Å². The van der Waals surface area contributed by atoms with Gasteiger partial charge < -0.3 is 4.74 Å². The van der Waals surface area contributed by atoms with Gasteiger partial charge in [0.05, 0.1) is 23.7 Å². The van der Waals surface area contributed by atoms with E-state index in [-0.39, 0.29) is 0 Å². The Labute approximate surface area is 95.2 Å². The largest absolute Gasteiger partial charge is 0.491 e. The van der Waals surface area contributed by atoms with Crippen molar-refractivity contribution in [2.75, 3.05) is 7.11 Å². The number of hydrogen-bond acceptors (Lipinski definition) is 4. The Hall–Kier alpha value is -2.05. The number of carbonyl (C=O) groups excluding carboxylic acids is 1. The predicted molar refractivity (Wildman–Crippen MR) is 53.9 cm³/mol. The number of hydrogen-bond donors (Lipinski definition) is 0. The third-order valence-electron chi connectivity index (χ3n) is 2.08. The summed E-state index contributed by atoms with van der Waals surface area (Å²) in [5, 5.41) is 10.6. The molecule has 0 heterocycles. The zero-order valence-corrected chi connectivity index (χ0v) is 9.12. The van der Waals surface area contributed by atoms with Crippen molar-refractivity contribution < 1.29 is 23.2 Å². The average Bonchev–Trinajstić information content (AvgIpc) is 2.21. The summed E-state index contributed by atoms with van der Waals surface area (Å²) in [5.41, 5.74) is -1.24. The molecule has 92 valence electrons. The van der Waals surface area contributed by atoms with Crippen LogP contribution in [-0.4, -0.2) is 17.8 Å². The van der Waals surface area contributed by atoms with Crippen LogP contribution >= 0.6 is 0 Å². The highest BCUT2D eigenvalue weighted by Crippen LogP contribution is 2.32. The Morgan fingerprint density at radius 2 is 2.12 bits per heavy atom. The van der Waals surface area contributed by atoms with Crippen LogP contribution in [-0.2, 0) is 11.2 Å². The minimum Gasteiger partial charge on any atom is -0.491 e. The Balaban J connectivity index is 3.50. The van der Waals surface area contributed by atoms with Gasteiger partial charge in [0.2, 0.25) is 0 Å². The fraction of sp³-hybridized carbons (Fsp3) is 0.300. The number of nitro groups is 1. The lowest BCUT2D eigenvalue weighted by atomic mass is 10.1. The summed E-state index contributed by atoms with van der Waals surface area (Å²) >= 11 is 0. The van der Waals surface area contributed by atoms with Crippen molar-refractivity contribution in [3.05, 3.63) is 33.4 Å². The molecule has 0 N–H and O–H groups in total. The van der Waals surface area contributed by atoms with Crippen LogP contribution in [0.5, 0.6) is 5.75 Å². The number of nitrogens with zero attached hydrogens (tertiary/aromatic N) is 1. The second-order valence-electron chi connectivity index (χ2n) is 3.34. The van der Waals surface area contributed by atoms with E-state index in [1.54, 1.807) is 0 Å². The van der Waals surface area contributed by atoms with Crippen molar-refractivity contribution >= 4 is 11.5 Å². The smallest absolute Gasteiger partial charge is 0.279 e. The normalized spacial score (nSPS) is 10.1. The van der Waals surface area contributed by atoms with Crippen LogP contribution < -0.4 is 4.74 Å². The van der Waals surface area contributed by atoms with Gasteiger partial charge >= 0.3 is 0 Å². The van der Waals surface area contributed by atoms with Gasteiger partial charge in [-0.2, -0.15) is 0 Å². The number of nitro benzene ring substituents is 1. The third-order valence-corrected chi connectivity index (χ3v) is 2.08. The monoisotopic (exact) mass is 245 g/mol. The van der Waals surface area contributed by atoms with E-state index in [1.165, 1.54) is 0 Å². The molecule has 5 nitrogen and oxygen atoms in total. The van der Waals surface area contributed by atoms with Gasteiger partial charge in [-0.25, -0.2) is 8.78 Å². The van der Waals surface area contributed by atoms with E-state index >= 15 is 0 Å².